The maximum absolute atomic E-state index is 12.2. The molecule has 2 nitrogen and oxygen atoms in total. The number of hydrogen-bond acceptors (Lipinski definition) is 1. The number of benzene rings is 2. The van der Waals surface area contributed by atoms with Gasteiger partial charge in [0.25, 0.3) is 5.91 Å². The van der Waals surface area contributed by atoms with Crippen LogP contribution in [0.15, 0.2) is 40.9 Å². The first-order chi connectivity index (χ1) is 8.97. The van der Waals surface area contributed by atoms with Gasteiger partial charge in [-0.3, -0.25) is 4.79 Å². The van der Waals surface area contributed by atoms with Crippen LogP contribution in [0.5, 0.6) is 0 Å². The smallest absolute Gasteiger partial charge is 0.255 e. The quantitative estimate of drug-likeness (QED) is 0.674. The lowest BCUT2D eigenvalue weighted by atomic mass is 10.1. The molecule has 2 aromatic carbocycles. The minimum atomic E-state index is -0.0839. The van der Waals surface area contributed by atoms with Crippen LogP contribution in [-0.4, -0.2) is 5.91 Å². The van der Waals surface area contributed by atoms with Crippen molar-refractivity contribution in [3.63, 3.8) is 0 Å². The molecule has 1 amide bonds. The summed E-state index contributed by atoms with van der Waals surface area (Å²) in [5, 5.41) is 2.92. The van der Waals surface area contributed by atoms with Crippen LogP contribution >= 0.6 is 38.5 Å². The summed E-state index contributed by atoms with van der Waals surface area (Å²) in [4.78, 5) is 12.2. The van der Waals surface area contributed by atoms with E-state index in [0.717, 1.165) is 24.9 Å². The number of hydrogen-bond donors (Lipinski definition) is 1. The van der Waals surface area contributed by atoms with Crippen LogP contribution in [0.25, 0.3) is 0 Å². The summed E-state index contributed by atoms with van der Waals surface area (Å²) in [6, 6.07) is 11.7. The molecule has 2 rings (SSSR count). The number of aryl methyl sites for hydroxylation is 2. The van der Waals surface area contributed by atoms with E-state index in [1.54, 1.807) is 0 Å². The van der Waals surface area contributed by atoms with Crippen molar-refractivity contribution in [3.05, 3.63) is 61.1 Å². The summed E-state index contributed by atoms with van der Waals surface area (Å²) in [6.07, 6.45) is 0. The number of amides is 1. The van der Waals surface area contributed by atoms with Gasteiger partial charge in [0.05, 0.1) is 5.69 Å². The fourth-order valence-corrected chi connectivity index (χ4v) is 3.25. The van der Waals surface area contributed by atoms with Crippen molar-refractivity contribution in [1.29, 1.82) is 0 Å². The van der Waals surface area contributed by atoms with E-state index in [1.165, 1.54) is 0 Å². The third-order valence-corrected chi connectivity index (χ3v) is 4.13. The third-order valence-electron chi connectivity index (χ3n) is 2.81. The second kappa shape index (κ2) is 6.05. The number of rotatable bonds is 2. The Morgan fingerprint density at radius 1 is 1.16 bits per heavy atom. The maximum atomic E-state index is 12.2. The standard InChI is InChI=1S/C15H13BrINO/c1-9-3-5-12(10(2)7-9)15(19)18-14-6-4-11(17)8-13(14)16/h3-8H,1-2H3,(H,18,19). The summed E-state index contributed by atoms with van der Waals surface area (Å²) < 4.78 is 2.01. The van der Waals surface area contributed by atoms with Gasteiger partial charge in [-0.05, 0) is 82.2 Å². The largest absolute Gasteiger partial charge is 0.321 e. The minimum Gasteiger partial charge on any atom is -0.321 e. The van der Waals surface area contributed by atoms with Crippen molar-refractivity contribution < 1.29 is 4.79 Å². The molecule has 0 bridgehead atoms. The SMILES string of the molecule is Cc1ccc(C(=O)Nc2ccc(I)cc2Br)c(C)c1. The van der Waals surface area contributed by atoms with Gasteiger partial charge in [0.1, 0.15) is 0 Å². The molecule has 0 aliphatic heterocycles. The average molecular weight is 430 g/mol. The van der Waals surface area contributed by atoms with Gasteiger partial charge in [-0.1, -0.05) is 17.7 Å². The van der Waals surface area contributed by atoms with E-state index in [1.807, 2.05) is 50.2 Å². The Hall–Kier alpha value is -0.880. The van der Waals surface area contributed by atoms with Crippen LogP contribution in [0.2, 0.25) is 0 Å². The molecule has 0 spiro atoms. The first-order valence-corrected chi connectivity index (χ1v) is 7.68. The number of halogens is 2. The maximum Gasteiger partial charge on any atom is 0.255 e. The van der Waals surface area contributed by atoms with E-state index in [4.69, 9.17) is 0 Å². The second-order valence-electron chi connectivity index (χ2n) is 4.40. The van der Waals surface area contributed by atoms with Gasteiger partial charge in [-0.25, -0.2) is 0 Å². The zero-order valence-electron chi connectivity index (χ0n) is 10.6. The summed E-state index contributed by atoms with van der Waals surface area (Å²) >= 11 is 5.69. The van der Waals surface area contributed by atoms with Crippen molar-refractivity contribution in [3.8, 4) is 0 Å². The van der Waals surface area contributed by atoms with E-state index in [0.29, 0.717) is 5.56 Å². The van der Waals surface area contributed by atoms with Crippen molar-refractivity contribution >= 4 is 50.1 Å². The fourth-order valence-electron chi connectivity index (χ4n) is 1.85. The van der Waals surface area contributed by atoms with Crippen LogP contribution < -0.4 is 5.32 Å². The number of nitrogens with one attached hydrogen (secondary N) is 1. The Balaban J connectivity index is 2.25. The van der Waals surface area contributed by atoms with Crippen molar-refractivity contribution in [1.82, 2.24) is 0 Å². The second-order valence-corrected chi connectivity index (χ2v) is 6.50. The summed E-state index contributed by atoms with van der Waals surface area (Å²) in [7, 11) is 0. The van der Waals surface area contributed by atoms with Gasteiger partial charge in [0.15, 0.2) is 0 Å². The highest BCUT2D eigenvalue weighted by atomic mass is 127. The monoisotopic (exact) mass is 429 g/mol. The van der Waals surface area contributed by atoms with Crippen LogP contribution in [0, 0.1) is 17.4 Å². The van der Waals surface area contributed by atoms with Gasteiger partial charge < -0.3 is 5.32 Å². The lowest BCUT2D eigenvalue weighted by molar-refractivity contribution is 0.102. The van der Waals surface area contributed by atoms with Crippen molar-refractivity contribution in [2.75, 3.05) is 5.32 Å². The highest BCUT2D eigenvalue weighted by Gasteiger charge is 2.10. The molecule has 4 heteroatoms. The molecule has 0 saturated heterocycles. The van der Waals surface area contributed by atoms with Crippen molar-refractivity contribution in [2.45, 2.75) is 13.8 Å². The molecule has 0 fully saturated rings. The minimum absolute atomic E-state index is 0.0839. The van der Waals surface area contributed by atoms with Gasteiger partial charge in [-0.15, -0.1) is 0 Å². The normalized spacial score (nSPS) is 10.3. The molecular weight excluding hydrogens is 417 g/mol. The Morgan fingerprint density at radius 2 is 1.89 bits per heavy atom. The van der Waals surface area contributed by atoms with Crippen LogP contribution in [0.4, 0.5) is 5.69 Å². The Labute approximate surface area is 134 Å². The molecule has 0 radical (unpaired) electrons. The fraction of sp³-hybridized carbons (Fsp3) is 0.133. The number of carbonyl (C=O) groups excluding carboxylic acids is 1. The lowest BCUT2D eigenvalue weighted by Gasteiger charge is -2.10. The van der Waals surface area contributed by atoms with E-state index >= 15 is 0 Å². The van der Waals surface area contributed by atoms with Crippen molar-refractivity contribution in [2.24, 2.45) is 0 Å². The summed E-state index contributed by atoms with van der Waals surface area (Å²) in [6.45, 7) is 3.97. The first-order valence-electron chi connectivity index (χ1n) is 5.81. The van der Waals surface area contributed by atoms with Gasteiger partial charge in [0, 0.05) is 13.6 Å². The predicted molar refractivity (Wildman–Crippen MR) is 90.7 cm³/mol. The highest BCUT2D eigenvalue weighted by Crippen LogP contribution is 2.25. The Bertz CT molecular complexity index is 640. The molecule has 19 heavy (non-hydrogen) atoms. The molecule has 0 heterocycles. The Kier molecular flexibility index (Phi) is 4.62. The molecule has 0 aliphatic carbocycles. The molecule has 0 atom stereocenters. The molecule has 2 aromatic rings. The summed E-state index contributed by atoms with van der Waals surface area (Å²) in [5.41, 5.74) is 3.63. The first kappa shape index (κ1) is 14.5. The molecule has 1 N–H and O–H groups in total. The average Bonchev–Trinajstić information content (AvgIpc) is 2.32. The lowest BCUT2D eigenvalue weighted by Crippen LogP contribution is -2.13. The number of carbonyl (C=O) groups is 1. The van der Waals surface area contributed by atoms with Crippen LogP contribution in [0.1, 0.15) is 21.5 Å². The zero-order chi connectivity index (χ0) is 14.0. The van der Waals surface area contributed by atoms with Crippen LogP contribution in [-0.2, 0) is 0 Å². The number of anilines is 1. The van der Waals surface area contributed by atoms with Gasteiger partial charge in [-0.2, -0.15) is 0 Å². The van der Waals surface area contributed by atoms with E-state index in [2.05, 4.69) is 43.8 Å². The molecule has 98 valence electrons. The molecular formula is C15H13BrINO. The molecule has 0 saturated carbocycles. The molecule has 0 unspecified atom stereocenters. The van der Waals surface area contributed by atoms with Crippen LogP contribution in [0.3, 0.4) is 0 Å². The third kappa shape index (κ3) is 3.57. The molecule has 0 aromatic heterocycles. The summed E-state index contributed by atoms with van der Waals surface area (Å²) in [5.74, 6) is -0.0839. The van der Waals surface area contributed by atoms with E-state index in [9.17, 15) is 4.79 Å². The molecule has 0 aliphatic rings. The Morgan fingerprint density at radius 3 is 2.53 bits per heavy atom. The van der Waals surface area contributed by atoms with E-state index < -0.39 is 0 Å². The van der Waals surface area contributed by atoms with Gasteiger partial charge in [0.2, 0.25) is 0 Å². The highest BCUT2D eigenvalue weighted by molar-refractivity contribution is 14.1. The van der Waals surface area contributed by atoms with E-state index in [-0.39, 0.29) is 5.91 Å². The van der Waals surface area contributed by atoms with Gasteiger partial charge >= 0.3 is 0 Å². The predicted octanol–water partition coefficient (Wildman–Crippen LogP) is 4.92. The zero-order valence-corrected chi connectivity index (χ0v) is 14.4. The topological polar surface area (TPSA) is 29.1 Å².